The maximum atomic E-state index is 12.2. The molecule has 0 atom stereocenters. The van der Waals surface area contributed by atoms with Gasteiger partial charge in [0.25, 0.3) is 0 Å². The summed E-state index contributed by atoms with van der Waals surface area (Å²) in [6, 6.07) is 8.20. The third-order valence-electron chi connectivity index (χ3n) is 4.85. The first-order valence-corrected chi connectivity index (χ1v) is 9.39. The number of halogens is 1. The molecule has 1 fully saturated rings. The molecule has 1 heterocycles. The fourth-order valence-electron chi connectivity index (χ4n) is 3.12. The zero-order chi connectivity index (χ0) is 18.1. The van der Waals surface area contributed by atoms with Gasteiger partial charge in [-0.2, -0.15) is 0 Å². The van der Waals surface area contributed by atoms with Crippen LogP contribution in [0.1, 0.15) is 37.3 Å². The SMILES string of the molecule is CCNCC1CCN(C(=O)CNC(=O)CCc2ccc(C)cc2)CC1.Cl. The predicted molar refractivity (Wildman–Crippen MR) is 108 cm³/mol. The first-order valence-electron chi connectivity index (χ1n) is 9.39. The topological polar surface area (TPSA) is 61.4 Å². The molecule has 1 aromatic rings. The van der Waals surface area contributed by atoms with E-state index in [4.69, 9.17) is 0 Å². The Morgan fingerprint density at radius 1 is 1.15 bits per heavy atom. The van der Waals surface area contributed by atoms with Gasteiger partial charge in [-0.1, -0.05) is 36.8 Å². The van der Waals surface area contributed by atoms with Crippen molar-refractivity contribution in [2.24, 2.45) is 5.92 Å². The zero-order valence-electron chi connectivity index (χ0n) is 15.9. The quantitative estimate of drug-likeness (QED) is 0.726. The van der Waals surface area contributed by atoms with Gasteiger partial charge in [-0.15, -0.1) is 12.4 Å². The number of carbonyl (C=O) groups excluding carboxylic acids is 2. The van der Waals surface area contributed by atoms with Crippen LogP contribution in [0.4, 0.5) is 0 Å². The fourth-order valence-corrected chi connectivity index (χ4v) is 3.12. The lowest BCUT2D eigenvalue weighted by Crippen LogP contribution is -2.45. The van der Waals surface area contributed by atoms with Gasteiger partial charge in [0.1, 0.15) is 0 Å². The second kappa shape index (κ2) is 11.9. The number of nitrogens with zero attached hydrogens (tertiary/aromatic N) is 1. The molecule has 1 aliphatic rings. The van der Waals surface area contributed by atoms with Crippen molar-refractivity contribution in [1.29, 1.82) is 0 Å². The Kier molecular flexibility index (Phi) is 10.3. The molecule has 0 aliphatic carbocycles. The van der Waals surface area contributed by atoms with Crippen LogP contribution in [-0.2, 0) is 16.0 Å². The molecule has 1 saturated heterocycles. The van der Waals surface area contributed by atoms with Gasteiger partial charge in [0.15, 0.2) is 0 Å². The zero-order valence-corrected chi connectivity index (χ0v) is 16.7. The number of hydrogen-bond acceptors (Lipinski definition) is 3. The van der Waals surface area contributed by atoms with Gasteiger partial charge in [-0.3, -0.25) is 9.59 Å². The Morgan fingerprint density at radius 3 is 2.42 bits per heavy atom. The van der Waals surface area contributed by atoms with Crippen LogP contribution in [0.3, 0.4) is 0 Å². The van der Waals surface area contributed by atoms with E-state index in [-0.39, 0.29) is 30.8 Å². The molecule has 1 aromatic carbocycles. The molecule has 0 aromatic heterocycles. The molecule has 2 rings (SSSR count). The van der Waals surface area contributed by atoms with E-state index in [0.717, 1.165) is 44.6 Å². The van der Waals surface area contributed by atoms with Crippen LogP contribution < -0.4 is 10.6 Å². The van der Waals surface area contributed by atoms with Crippen molar-refractivity contribution < 1.29 is 9.59 Å². The molecular formula is C20H32ClN3O2. The summed E-state index contributed by atoms with van der Waals surface area (Å²) in [6.45, 7) is 7.90. The maximum Gasteiger partial charge on any atom is 0.241 e. The second-order valence-electron chi connectivity index (χ2n) is 6.89. The van der Waals surface area contributed by atoms with Crippen molar-refractivity contribution >= 4 is 24.2 Å². The van der Waals surface area contributed by atoms with E-state index in [1.807, 2.05) is 24.0 Å². The summed E-state index contributed by atoms with van der Waals surface area (Å²) < 4.78 is 0. The number of hydrogen-bond donors (Lipinski definition) is 2. The number of benzene rings is 1. The van der Waals surface area contributed by atoms with Gasteiger partial charge in [-0.25, -0.2) is 0 Å². The van der Waals surface area contributed by atoms with E-state index >= 15 is 0 Å². The minimum absolute atomic E-state index is 0. The molecule has 2 amide bonds. The van der Waals surface area contributed by atoms with Crippen molar-refractivity contribution in [2.75, 3.05) is 32.7 Å². The van der Waals surface area contributed by atoms with Gasteiger partial charge in [0.05, 0.1) is 6.54 Å². The van der Waals surface area contributed by atoms with Gasteiger partial charge in [-0.05, 0) is 50.8 Å². The number of amides is 2. The Morgan fingerprint density at radius 2 is 1.81 bits per heavy atom. The molecular weight excluding hydrogens is 350 g/mol. The first-order chi connectivity index (χ1) is 12.1. The van der Waals surface area contributed by atoms with Gasteiger partial charge >= 0.3 is 0 Å². The lowest BCUT2D eigenvalue weighted by Gasteiger charge is -2.32. The van der Waals surface area contributed by atoms with Crippen molar-refractivity contribution in [3.05, 3.63) is 35.4 Å². The molecule has 26 heavy (non-hydrogen) atoms. The Balaban J connectivity index is 0.00000338. The molecule has 0 unspecified atom stereocenters. The largest absolute Gasteiger partial charge is 0.347 e. The normalized spacial score (nSPS) is 14.6. The average molecular weight is 382 g/mol. The second-order valence-corrected chi connectivity index (χ2v) is 6.89. The van der Waals surface area contributed by atoms with Crippen molar-refractivity contribution in [2.45, 2.75) is 39.5 Å². The van der Waals surface area contributed by atoms with Gasteiger partial charge < -0.3 is 15.5 Å². The predicted octanol–water partition coefficient (Wildman–Crippen LogP) is 2.31. The number of carbonyl (C=O) groups is 2. The van der Waals surface area contributed by atoms with Crippen LogP contribution in [0.2, 0.25) is 0 Å². The highest BCUT2D eigenvalue weighted by Crippen LogP contribution is 2.16. The molecule has 1 aliphatic heterocycles. The summed E-state index contributed by atoms with van der Waals surface area (Å²) in [6.07, 6.45) is 3.21. The van der Waals surface area contributed by atoms with Crippen molar-refractivity contribution in [3.63, 3.8) is 0 Å². The minimum atomic E-state index is -0.0593. The number of rotatable bonds is 8. The third-order valence-corrected chi connectivity index (χ3v) is 4.85. The summed E-state index contributed by atoms with van der Waals surface area (Å²) in [4.78, 5) is 26.1. The minimum Gasteiger partial charge on any atom is -0.347 e. The fraction of sp³-hybridized carbons (Fsp3) is 0.600. The number of likely N-dealkylation sites (tertiary alicyclic amines) is 1. The Hall–Kier alpha value is -1.59. The molecule has 2 N–H and O–H groups in total. The molecule has 6 heteroatoms. The van der Waals surface area contributed by atoms with Crippen LogP contribution in [0.25, 0.3) is 0 Å². The van der Waals surface area contributed by atoms with E-state index in [9.17, 15) is 9.59 Å². The first kappa shape index (κ1) is 22.5. The third kappa shape index (κ3) is 7.75. The number of piperidine rings is 1. The van der Waals surface area contributed by atoms with E-state index in [2.05, 4.69) is 29.7 Å². The highest BCUT2D eigenvalue weighted by molar-refractivity contribution is 5.85. The van der Waals surface area contributed by atoms with Crippen LogP contribution in [-0.4, -0.2) is 49.4 Å². The molecule has 0 saturated carbocycles. The lowest BCUT2D eigenvalue weighted by atomic mass is 9.97. The van der Waals surface area contributed by atoms with Gasteiger partial charge in [0, 0.05) is 19.5 Å². The summed E-state index contributed by atoms with van der Waals surface area (Å²) in [5, 5.41) is 6.14. The van der Waals surface area contributed by atoms with Crippen LogP contribution >= 0.6 is 12.4 Å². The van der Waals surface area contributed by atoms with Crippen LogP contribution in [0.15, 0.2) is 24.3 Å². The van der Waals surface area contributed by atoms with Crippen molar-refractivity contribution in [1.82, 2.24) is 15.5 Å². The summed E-state index contributed by atoms with van der Waals surface area (Å²) in [5.74, 6) is 0.634. The molecule has 0 bridgehead atoms. The van der Waals surface area contributed by atoms with E-state index in [1.165, 1.54) is 5.56 Å². The molecule has 0 spiro atoms. The Bertz CT molecular complexity index is 555. The highest BCUT2D eigenvalue weighted by Gasteiger charge is 2.22. The lowest BCUT2D eigenvalue weighted by molar-refractivity contribution is -0.134. The average Bonchev–Trinajstić information content (AvgIpc) is 2.64. The molecule has 5 nitrogen and oxygen atoms in total. The summed E-state index contributed by atoms with van der Waals surface area (Å²) >= 11 is 0. The number of aryl methyl sites for hydroxylation is 2. The summed E-state index contributed by atoms with van der Waals surface area (Å²) in [5.41, 5.74) is 2.36. The van der Waals surface area contributed by atoms with Crippen LogP contribution in [0.5, 0.6) is 0 Å². The monoisotopic (exact) mass is 381 g/mol. The standard InChI is InChI=1S/C20H31N3O2.ClH/c1-3-21-14-18-10-12-23(13-11-18)20(25)15-22-19(24)9-8-17-6-4-16(2)5-7-17;/h4-7,18,21H,3,8-15H2,1-2H3,(H,22,24);1H. The van der Waals surface area contributed by atoms with E-state index in [1.54, 1.807) is 0 Å². The van der Waals surface area contributed by atoms with Crippen molar-refractivity contribution in [3.8, 4) is 0 Å². The number of nitrogens with one attached hydrogen (secondary N) is 2. The van der Waals surface area contributed by atoms with Gasteiger partial charge in [0.2, 0.25) is 11.8 Å². The van der Waals surface area contributed by atoms with E-state index < -0.39 is 0 Å². The maximum absolute atomic E-state index is 12.2. The molecule has 146 valence electrons. The highest BCUT2D eigenvalue weighted by atomic mass is 35.5. The smallest absolute Gasteiger partial charge is 0.241 e. The summed E-state index contributed by atoms with van der Waals surface area (Å²) in [7, 11) is 0. The van der Waals surface area contributed by atoms with Crippen LogP contribution in [0, 0.1) is 12.8 Å². The van der Waals surface area contributed by atoms with E-state index in [0.29, 0.717) is 18.8 Å². The Labute approximate surface area is 163 Å². The molecule has 0 radical (unpaired) electrons.